The van der Waals surface area contributed by atoms with Gasteiger partial charge in [0.1, 0.15) is 11.5 Å². The molecule has 0 radical (unpaired) electrons. The van der Waals surface area contributed by atoms with Crippen LogP contribution in [0.5, 0.6) is 5.75 Å². The molecule has 0 saturated carbocycles. The molecule has 0 saturated heterocycles. The van der Waals surface area contributed by atoms with Crippen molar-refractivity contribution in [2.24, 2.45) is 0 Å². The van der Waals surface area contributed by atoms with Gasteiger partial charge in [-0.25, -0.2) is 4.79 Å². The molecule has 0 aliphatic carbocycles. The molecule has 0 spiro atoms. The summed E-state index contributed by atoms with van der Waals surface area (Å²) in [4.78, 5) is 34.9. The summed E-state index contributed by atoms with van der Waals surface area (Å²) in [5.74, 6) is 0.0114. The minimum absolute atomic E-state index is 0.0145. The first-order chi connectivity index (χ1) is 13.0. The van der Waals surface area contributed by atoms with Crippen molar-refractivity contribution in [3.63, 3.8) is 0 Å². The van der Waals surface area contributed by atoms with Gasteiger partial charge in [-0.05, 0) is 49.2 Å². The zero-order chi connectivity index (χ0) is 19.2. The molecule has 2 aromatic rings. The molecule has 142 valence electrons. The second-order valence-corrected chi connectivity index (χ2v) is 6.12. The first-order valence-corrected chi connectivity index (χ1v) is 8.55. The van der Waals surface area contributed by atoms with Crippen LogP contribution in [0.2, 0.25) is 0 Å². The van der Waals surface area contributed by atoms with E-state index in [1.807, 2.05) is 0 Å². The van der Waals surface area contributed by atoms with Gasteiger partial charge in [-0.1, -0.05) is 0 Å². The fourth-order valence-electron chi connectivity index (χ4n) is 2.67. The molecule has 1 aliphatic heterocycles. The Hall–Kier alpha value is -3.29. The lowest BCUT2D eigenvalue weighted by Crippen LogP contribution is -2.31. The van der Waals surface area contributed by atoms with Gasteiger partial charge in [0.15, 0.2) is 13.2 Å². The van der Waals surface area contributed by atoms with Gasteiger partial charge < -0.3 is 24.5 Å². The molecule has 27 heavy (non-hydrogen) atoms. The number of amides is 2. The second-order valence-electron chi connectivity index (χ2n) is 6.12. The molecule has 1 aliphatic rings. The molecule has 3 rings (SSSR count). The number of carbonyl (C=O) groups is 3. The van der Waals surface area contributed by atoms with Crippen LogP contribution in [0, 0.1) is 0 Å². The van der Waals surface area contributed by atoms with Crippen molar-refractivity contribution >= 4 is 23.5 Å². The molecular weight excluding hydrogens is 352 g/mol. The number of rotatable bonds is 7. The molecule has 8 nitrogen and oxygen atoms in total. The summed E-state index contributed by atoms with van der Waals surface area (Å²) in [6.07, 6.45) is 2.56. The SMILES string of the molecule is C[C@H](NC(=O)COC(=O)COc1ccc2c(c1)CCC(=O)N2)c1ccco1. The highest BCUT2D eigenvalue weighted by Crippen LogP contribution is 2.26. The maximum absolute atomic E-state index is 11.8. The zero-order valence-corrected chi connectivity index (χ0v) is 14.8. The smallest absolute Gasteiger partial charge is 0.344 e. The Bertz CT molecular complexity index is 831. The van der Waals surface area contributed by atoms with Crippen molar-refractivity contribution in [1.82, 2.24) is 5.32 Å². The van der Waals surface area contributed by atoms with Crippen LogP contribution in [0.1, 0.15) is 30.7 Å². The summed E-state index contributed by atoms with van der Waals surface area (Å²) in [6.45, 7) is 1.05. The van der Waals surface area contributed by atoms with Gasteiger partial charge in [-0.15, -0.1) is 0 Å². The highest BCUT2D eigenvalue weighted by molar-refractivity contribution is 5.94. The number of benzene rings is 1. The summed E-state index contributed by atoms with van der Waals surface area (Å²) in [7, 11) is 0. The average Bonchev–Trinajstić information content (AvgIpc) is 3.19. The van der Waals surface area contributed by atoms with Gasteiger partial charge >= 0.3 is 5.97 Å². The molecule has 0 bridgehead atoms. The number of esters is 1. The van der Waals surface area contributed by atoms with Gasteiger partial charge in [0.25, 0.3) is 5.91 Å². The van der Waals surface area contributed by atoms with E-state index < -0.39 is 18.5 Å². The Balaban J connectivity index is 1.41. The van der Waals surface area contributed by atoms with Crippen LogP contribution >= 0.6 is 0 Å². The predicted octanol–water partition coefficient (Wildman–Crippen LogP) is 1.96. The lowest BCUT2D eigenvalue weighted by molar-refractivity contribution is -0.150. The summed E-state index contributed by atoms with van der Waals surface area (Å²) in [6, 6.07) is 8.32. The third-order valence-electron chi connectivity index (χ3n) is 4.04. The summed E-state index contributed by atoms with van der Waals surface area (Å²) in [5.41, 5.74) is 1.70. The Morgan fingerprint density at radius 3 is 2.89 bits per heavy atom. The maximum Gasteiger partial charge on any atom is 0.344 e. The van der Waals surface area contributed by atoms with Crippen LogP contribution in [0.3, 0.4) is 0 Å². The quantitative estimate of drug-likeness (QED) is 0.720. The normalized spacial score (nSPS) is 13.9. The molecule has 2 heterocycles. The van der Waals surface area contributed by atoms with E-state index in [9.17, 15) is 14.4 Å². The van der Waals surface area contributed by atoms with Crippen molar-refractivity contribution in [2.45, 2.75) is 25.8 Å². The third-order valence-corrected chi connectivity index (χ3v) is 4.04. The fraction of sp³-hybridized carbons (Fsp3) is 0.316. The highest BCUT2D eigenvalue weighted by Gasteiger charge is 2.16. The third kappa shape index (κ3) is 5.10. The highest BCUT2D eigenvalue weighted by atomic mass is 16.6. The molecule has 0 fully saturated rings. The number of carbonyl (C=O) groups excluding carboxylic acids is 3. The lowest BCUT2D eigenvalue weighted by Gasteiger charge is -2.17. The summed E-state index contributed by atoms with van der Waals surface area (Å²) >= 11 is 0. The van der Waals surface area contributed by atoms with Crippen LogP contribution in [0.25, 0.3) is 0 Å². The van der Waals surface area contributed by atoms with E-state index in [2.05, 4.69) is 10.6 Å². The van der Waals surface area contributed by atoms with Crippen molar-refractivity contribution in [2.75, 3.05) is 18.5 Å². The van der Waals surface area contributed by atoms with Crippen LogP contribution in [0.4, 0.5) is 5.69 Å². The molecule has 1 atom stereocenters. The van der Waals surface area contributed by atoms with Gasteiger partial charge in [0.2, 0.25) is 5.91 Å². The minimum atomic E-state index is -0.651. The summed E-state index contributed by atoms with van der Waals surface area (Å²) < 4.78 is 15.5. The van der Waals surface area contributed by atoms with Crippen LogP contribution in [0.15, 0.2) is 41.0 Å². The number of nitrogens with one attached hydrogen (secondary N) is 2. The number of hydrogen-bond acceptors (Lipinski definition) is 6. The van der Waals surface area contributed by atoms with E-state index in [1.165, 1.54) is 6.26 Å². The van der Waals surface area contributed by atoms with Gasteiger partial charge in [-0.2, -0.15) is 0 Å². The molecule has 2 N–H and O–H groups in total. The van der Waals surface area contributed by atoms with E-state index >= 15 is 0 Å². The Morgan fingerprint density at radius 2 is 2.11 bits per heavy atom. The Morgan fingerprint density at radius 1 is 1.26 bits per heavy atom. The number of anilines is 1. The Kier molecular flexibility index (Phi) is 5.75. The van der Waals surface area contributed by atoms with Crippen molar-refractivity contribution in [3.8, 4) is 5.75 Å². The van der Waals surface area contributed by atoms with Crippen molar-refractivity contribution in [3.05, 3.63) is 47.9 Å². The standard InChI is InChI=1S/C19H20N2O6/c1-12(16-3-2-8-25-16)20-18(23)10-27-19(24)11-26-14-5-6-15-13(9-14)4-7-17(22)21-15/h2-3,5-6,8-9,12H,4,7,10-11H2,1H3,(H,20,23)(H,21,22)/t12-/m0/s1. The molecule has 0 unspecified atom stereocenters. The number of hydrogen-bond donors (Lipinski definition) is 2. The fourth-order valence-corrected chi connectivity index (χ4v) is 2.67. The molecular formula is C19H20N2O6. The van der Waals surface area contributed by atoms with E-state index in [-0.39, 0.29) is 18.6 Å². The lowest BCUT2D eigenvalue weighted by atomic mass is 10.0. The summed E-state index contributed by atoms with van der Waals surface area (Å²) in [5, 5.41) is 5.44. The number of aryl methyl sites for hydroxylation is 1. The average molecular weight is 372 g/mol. The maximum atomic E-state index is 11.8. The number of ether oxygens (including phenoxy) is 2. The second kappa shape index (κ2) is 8.39. The van der Waals surface area contributed by atoms with E-state index in [0.717, 1.165) is 11.3 Å². The van der Waals surface area contributed by atoms with Crippen molar-refractivity contribution < 1.29 is 28.3 Å². The van der Waals surface area contributed by atoms with E-state index in [4.69, 9.17) is 13.9 Å². The topological polar surface area (TPSA) is 107 Å². The van der Waals surface area contributed by atoms with E-state index in [1.54, 1.807) is 37.3 Å². The van der Waals surface area contributed by atoms with Gasteiger partial charge in [-0.3, -0.25) is 9.59 Å². The molecule has 1 aromatic carbocycles. The predicted molar refractivity (Wildman–Crippen MR) is 95.1 cm³/mol. The van der Waals surface area contributed by atoms with Crippen LogP contribution in [-0.4, -0.2) is 31.0 Å². The zero-order valence-electron chi connectivity index (χ0n) is 14.8. The van der Waals surface area contributed by atoms with Gasteiger partial charge in [0.05, 0.1) is 12.3 Å². The van der Waals surface area contributed by atoms with Crippen LogP contribution < -0.4 is 15.4 Å². The van der Waals surface area contributed by atoms with E-state index in [0.29, 0.717) is 24.4 Å². The first-order valence-electron chi connectivity index (χ1n) is 8.55. The molecule has 1 aromatic heterocycles. The van der Waals surface area contributed by atoms with Crippen molar-refractivity contribution in [1.29, 1.82) is 0 Å². The number of furan rings is 1. The number of fused-ring (bicyclic) bond motifs is 1. The molecule has 8 heteroatoms. The van der Waals surface area contributed by atoms with Gasteiger partial charge in [0, 0.05) is 12.1 Å². The molecule has 2 amide bonds. The largest absolute Gasteiger partial charge is 0.482 e. The Labute approximate surface area is 155 Å². The monoisotopic (exact) mass is 372 g/mol. The minimum Gasteiger partial charge on any atom is -0.482 e. The van der Waals surface area contributed by atoms with Crippen LogP contribution in [-0.2, 0) is 25.5 Å². The first kappa shape index (κ1) is 18.5.